The third-order valence-electron chi connectivity index (χ3n) is 3.72. The van der Waals surface area contributed by atoms with Crippen molar-refractivity contribution in [2.75, 3.05) is 0 Å². The van der Waals surface area contributed by atoms with E-state index >= 15 is 0 Å². The molecule has 2 aliphatic rings. The minimum atomic E-state index is -0.444. The maximum absolute atomic E-state index is 12.9. The van der Waals surface area contributed by atoms with Crippen LogP contribution in [0.5, 0.6) is 0 Å². The van der Waals surface area contributed by atoms with E-state index in [1.165, 1.54) is 23.9 Å². The van der Waals surface area contributed by atoms with E-state index in [9.17, 15) is 9.18 Å². The number of aromatic nitrogens is 3. The van der Waals surface area contributed by atoms with Crippen molar-refractivity contribution in [1.29, 1.82) is 0 Å². The minimum absolute atomic E-state index is 0.253. The predicted octanol–water partition coefficient (Wildman–Crippen LogP) is 3.25. The van der Waals surface area contributed by atoms with Crippen LogP contribution in [0.2, 0.25) is 0 Å². The number of primary amides is 1. The Morgan fingerprint density at radius 1 is 1.29 bits per heavy atom. The molecule has 1 aromatic rings. The summed E-state index contributed by atoms with van der Waals surface area (Å²) in [4.78, 5) is 20.7. The molecule has 0 aliphatic carbocycles. The quantitative estimate of drug-likeness (QED) is 0.697. The smallest absolute Gasteiger partial charge is 0.240 e. The van der Waals surface area contributed by atoms with Crippen LogP contribution in [-0.4, -0.2) is 20.4 Å². The number of carbonyl (C=O) groups is 1. The number of hydrogen-bond donors (Lipinski definition) is 1. The van der Waals surface area contributed by atoms with E-state index in [-0.39, 0.29) is 5.82 Å². The van der Waals surface area contributed by atoms with Crippen molar-refractivity contribution in [2.45, 2.75) is 30.3 Å². The number of nitrogens with two attached hydrogens (primary N) is 1. The lowest BCUT2D eigenvalue weighted by Gasteiger charge is -2.17. The zero-order chi connectivity index (χ0) is 17.1. The Morgan fingerprint density at radius 2 is 2.04 bits per heavy atom. The molecule has 0 spiro atoms. The Bertz CT molecular complexity index is 818. The molecule has 7 heteroatoms. The fourth-order valence-electron chi connectivity index (χ4n) is 2.50. The Hall–Kier alpha value is -2.41. The number of carbonyl (C=O) groups excluding carboxylic acids is 1. The van der Waals surface area contributed by atoms with E-state index < -0.39 is 11.9 Å². The van der Waals surface area contributed by atoms with E-state index in [2.05, 4.69) is 9.97 Å². The number of fused-ring (bicyclic) bond motifs is 1. The first-order valence-corrected chi connectivity index (χ1v) is 8.58. The lowest BCUT2D eigenvalue weighted by atomic mass is 10.2. The summed E-state index contributed by atoms with van der Waals surface area (Å²) in [7, 11) is 0. The topological polar surface area (TPSA) is 73.8 Å². The van der Waals surface area contributed by atoms with Gasteiger partial charge < -0.3 is 10.3 Å². The van der Waals surface area contributed by atoms with Crippen molar-refractivity contribution in [2.24, 2.45) is 5.73 Å². The molecule has 1 atom stereocenters. The molecular formula is C17H17FN4OS. The van der Waals surface area contributed by atoms with Crippen LogP contribution in [0.1, 0.15) is 24.9 Å². The van der Waals surface area contributed by atoms with Crippen LogP contribution in [0, 0.1) is 5.82 Å². The summed E-state index contributed by atoms with van der Waals surface area (Å²) in [5, 5.41) is 0.619. The van der Waals surface area contributed by atoms with E-state index in [1.807, 2.05) is 19.1 Å². The summed E-state index contributed by atoms with van der Waals surface area (Å²) in [5.74, 6) is 0.643. The number of pyridine rings is 1. The molecule has 1 amide bonds. The molecule has 0 saturated carbocycles. The van der Waals surface area contributed by atoms with Crippen LogP contribution in [0.3, 0.4) is 0 Å². The van der Waals surface area contributed by atoms with Crippen LogP contribution in [0.15, 0.2) is 47.8 Å². The minimum Gasteiger partial charge on any atom is -0.368 e. The normalized spacial score (nSPS) is 12.4. The lowest BCUT2D eigenvalue weighted by Crippen LogP contribution is -2.27. The second-order valence-electron chi connectivity index (χ2n) is 5.37. The van der Waals surface area contributed by atoms with Gasteiger partial charge in [-0.3, -0.25) is 4.79 Å². The highest BCUT2D eigenvalue weighted by Crippen LogP contribution is 2.28. The SMILES string of the molecule is CCC(C(N)=O)n1cccc2nc(SCc3ccc(F)cc3)nc1-2. The first-order valence-electron chi connectivity index (χ1n) is 7.59. The monoisotopic (exact) mass is 344 g/mol. The van der Waals surface area contributed by atoms with Gasteiger partial charge in [-0.05, 0) is 36.2 Å². The fourth-order valence-corrected chi connectivity index (χ4v) is 3.31. The van der Waals surface area contributed by atoms with Crippen LogP contribution < -0.4 is 5.73 Å². The highest BCUT2D eigenvalue weighted by Gasteiger charge is 2.22. The standard InChI is InChI=1S/C17H17FN4OS/c1-2-14(15(19)23)22-9-3-4-13-16(22)21-17(20-13)24-10-11-5-7-12(18)8-6-11/h3-9,14H,2,10H2,1H3,(H2,19,23). The third kappa shape index (κ3) is 3.41. The van der Waals surface area contributed by atoms with Gasteiger partial charge in [-0.25, -0.2) is 14.4 Å². The first kappa shape index (κ1) is 16.4. The number of rotatable bonds is 6. The van der Waals surface area contributed by atoms with Crippen LogP contribution in [0.4, 0.5) is 4.39 Å². The van der Waals surface area contributed by atoms with Gasteiger partial charge in [0.2, 0.25) is 5.91 Å². The molecule has 0 aromatic heterocycles. The van der Waals surface area contributed by atoms with E-state index in [4.69, 9.17) is 5.73 Å². The summed E-state index contributed by atoms with van der Waals surface area (Å²) in [6.07, 6.45) is 2.38. The molecule has 1 aromatic carbocycles. The fraction of sp³-hybridized carbons (Fsp3) is 0.235. The number of hydrogen-bond acceptors (Lipinski definition) is 4. The highest BCUT2D eigenvalue weighted by atomic mass is 32.2. The zero-order valence-electron chi connectivity index (χ0n) is 13.1. The second kappa shape index (κ2) is 7.00. The largest absolute Gasteiger partial charge is 0.368 e. The van der Waals surface area contributed by atoms with Crippen molar-refractivity contribution in [3.05, 3.63) is 54.0 Å². The number of imidazole rings is 1. The third-order valence-corrected chi connectivity index (χ3v) is 4.64. The maximum Gasteiger partial charge on any atom is 0.240 e. The lowest BCUT2D eigenvalue weighted by molar-refractivity contribution is -0.121. The number of halogens is 1. The van der Waals surface area contributed by atoms with Gasteiger partial charge in [-0.15, -0.1) is 0 Å². The van der Waals surface area contributed by atoms with Crippen molar-refractivity contribution in [3.63, 3.8) is 0 Å². The van der Waals surface area contributed by atoms with Gasteiger partial charge >= 0.3 is 0 Å². The van der Waals surface area contributed by atoms with Crippen LogP contribution >= 0.6 is 11.8 Å². The van der Waals surface area contributed by atoms with Crippen LogP contribution in [0.25, 0.3) is 11.5 Å². The zero-order valence-corrected chi connectivity index (χ0v) is 14.0. The van der Waals surface area contributed by atoms with Gasteiger partial charge in [-0.1, -0.05) is 30.8 Å². The summed E-state index contributed by atoms with van der Waals surface area (Å²) in [5.41, 5.74) is 7.19. The Labute approximate surface area is 143 Å². The maximum atomic E-state index is 12.9. The van der Waals surface area contributed by atoms with Gasteiger partial charge in [0.1, 0.15) is 17.6 Å². The molecule has 0 fully saturated rings. The van der Waals surface area contributed by atoms with E-state index in [0.717, 1.165) is 11.3 Å². The van der Waals surface area contributed by atoms with Crippen LogP contribution in [-0.2, 0) is 10.5 Å². The summed E-state index contributed by atoms with van der Waals surface area (Å²) in [6.45, 7) is 1.90. The number of amides is 1. The summed E-state index contributed by atoms with van der Waals surface area (Å²) < 4.78 is 14.7. The first-order chi connectivity index (χ1) is 11.6. The molecule has 0 saturated heterocycles. The molecule has 24 heavy (non-hydrogen) atoms. The van der Waals surface area contributed by atoms with Gasteiger partial charge in [0.25, 0.3) is 0 Å². The summed E-state index contributed by atoms with van der Waals surface area (Å²) >= 11 is 1.47. The Kier molecular flexibility index (Phi) is 4.80. The number of benzene rings is 1. The molecule has 0 bridgehead atoms. The average Bonchev–Trinajstić information content (AvgIpc) is 2.98. The highest BCUT2D eigenvalue weighted by molar-refractivity contribution is 7.98. The van der Waals surface area contributed by atoms with Crippen molar-refractivity contribution in [3.8, 4) is 11.5 Å². The molecule has 3 rings (SSSR count). The number of thioether (sulfide) groups is 1. The van der Waals surface area contributed by atoms with Gasteiger partial charge in [0.15, 0.2) is 11.0 Å². The van der Waals surface area contributed by atoms with Gasteiger partial charge in [0.05, 0.1) is 0 Å². The Morgan fingerprint density at radius 3 is 2.71 bits per heavy atom. The predicted molar refractivity (Wildman–Crippen MR) is 91.1 cm³/mol. The second-order valence-corrected chi connectivity index (χ2v) is 6.31. The van der Waals surface area contributed by atoms with Crippen molar-refractivity contribution < 1.29 is 9.18 Å². The molecule has 2 N–H and O–H groups in total. The molecule has 5 nitrogen and oxygen atoms in total. The van der Waals surface area contributed by atoms with E-state index in [1.54, 1.807) is 22.9 Å². The molecule has 2 heterocycles. The van der Waals surface area contributed by atoms with E-state index in [0.29, 0.717) is 23.2 Å². The molecule has 0 radical (unpaired) electrons. The van der Waals surface area contributed by atoms with Gasteiger partial charge in [0, 0.05) is 11.9 Å². The Balaban J connectivity index is 1.84. The molecular weight excluding hydrogens is 327 g/mol. The van der Waals surface area contributed by atoms with Crippen molar-refractivity contribution in [1.82, 2.24) is 14.5 Å². The molecule has 124 valence electrons. The van der Waals surface area contributed by atoms with Gasteiger partial charge in [-0.2, -0.15) is 0 Å². The molecule has 1 unspecified atom stereocenters. The number of nitrogens with zero attached hydrogens (tertiary/aromatic N) is 3. The molecule has 2 aliphatic heterocycles. The van der Waals surface area contributed by atoms with Crippen molar-refractivity contribution >= 4 is 17.7 Å². The average molecular weight is 344 g/mol. The summed E-state index contributed by atoms with van der Waals surface area (Å²) in [6, 6.07) is 9.60.